The van der Waals surface area contributed by atoms with Crippen LogP contribution in [0.5, 0.6) is 0 Å². The van der Waals surface area contributed by atoms with Crippen molar-refractivity contribution in [2.75, 3.05) is 5.32 Å². The average Bonchev–Trinajstić information content (AvgIpc) is 3.15. The van der Waals surface area contributed by atoms with Crippen molar-refractivity contribution >= 4 is 44.8 Å². The molecule has 1 aromatic carbocycles. The standard InChI is InChI=1S/C19H12ClFN6OS/c1-9-24-11(8-28)5-14(25-9)26-18-17-16(13(21)7-23-18)27-19(29-17)15-10(6-22)3-2-4-12(15)20/h2-5,7,28H,8H2,1H3,(H,23,24,25,26). The fourth-order valence-corrected chi connectivity index (χ4v) is 4.22. The predicted molar refractivity (Wildman–Crippen MR) is 109 cm³/mol. The number of pyridine rings is 1. The van der Waals surface area contributed by atoms with Gasteiger partial charge in [-0.25, -0.2) is 24.3 Å². The van der Waals surface area contributed by atoms with Crippen LogP contribution in [0.2, 0.25) is 5.02 Å². The Bertz CT molecular complexity index is 1290. The lowest BCUT2D eigenvalue weighted by atomic mass is 10.1. The molecule has 2 N–H and O–H groups in total. The van der Waals surface area contributed by atoms with E-state index in [1.165, 1.54) is 0 Å². The molecular weight excluding hydrogens is 415 g/mol. The molecule has 0 spiro atoms. The highest BCUT2D eigenvalue weighted by Crippen LogP contribution is 2.39. The maximum absolute atomic E-state index is 14.4. The number of aryl methyl sites for hydroxylation is 1. The summed E-state index contributed by atoms with van der Waals surface area (Å²) in [4.78, 5) is 16.9. The number of halogens is 2. The van der Waals surface area contributed by atoms with E-state index in [1.807, 2.05) is 0 Å². The molecule has 0 saturated carbocycles. The summed E-state index contributed by atoms with van der Waals surface area (Å²) in [6.45, 7) is 1.46. The highest BCUT2D eigenvalue weighted by atomic mass is 35.5. The molecule has 0 fully saturated rings. The molecular formula is C19H12ClFN6OS. The van der Waals surface area contributed by atoms with Crippen LogP contribution in [0.4, 0.5) is 16.0 Å². The number of aliphatic hydroxyl groups is 1. The van der Waals surface area contributed by atoms with E-state index in [9.17, 15) is 14.8 Å². The molecule has 3 aromatic heterocycles. The molecule has 7 nitrogen and oxygen atoms in total. The molecule has 0 radical (unpaired) electrons. The molecule has 0 amide bonds. The van der Waals surface area contributed by atoms with Crippen LogP contribution in [0.15, 0.2) is 30.5 Å². The maximum atomic E-state index is 14.4. The van der Waals surface area contributed by atoms with Crippen molar-refractivity contribution in [2.45, 2.75) is 13.5 Å². The predicted octanol–water partition coefficient (Wildman–Crippen LogP) is 4.36. The number of thiazole rings is 1. The molecule has 29 heavy (non-hydrogen) atoms. The number of hydrogen-bond donors (Lipinski definition) is 2. The SMILES string of the molecule is Cc1nc(CO)cc(Nc2ncc(F)c3nc(-c4c(Cl)cccc4C#N)sc23)n1. The van der Waals surface area contributed by atoms with Crippen LogP contribution in [0.25, 0.3) is 20.8 Å². The van der Waals surface area contributed by atoms with Gasteiger partial charge in [0.05, 0.1) is 35.2 Å². The quantitative estimate of drug-likeness (QED) is 0.499. The van der Waals surface area contributed by atoms with Crippen molar-refractivity contribution in [1.29, 1.82) is 5.26 Å². The second-order valence-corrected chi connectivity index (χ2v) is 7.41. The number of aromatic nitrogens is 4. The zero-order valence-corrected chi connectivity index (χ0v) is 16.5. The summed E-state index contributed by atoms with van der Waals surface area (Å²) in [7, 11) is 0. The molecule has 0 atom stereocenters. The first-order chi connectivity index (χ1) is 14.0. The second kappa shape index (κ2) is 7.67. The van der Waals surface area contributed by atoms with Gasteiger partial charge in [-0.3, -0.25) is 0 Å². The molecule has 0 aliphatic carbocycles. The van der Waals surface area contributed by atoms with E-state index in [4.69, 9.17) is 11.6 Å². The van der Waals surface area contributed by atoms with Crippen LogP contribution in [-0.2, 0) is 6.61 Å². The second-order valence-electron chi connectivity index (χ2n) is 6.00. The molecule has 0 bridgehead atoms. The summed E-state index contributed by atoms with van der Waals surface area (Å²) >= 11 is 7.44. The monoisotopic (exact) mass is 426 g/mol. The summed E-state index contributed by atoms with van der Waals surface area (Å²) < 4.78 is 14.8. The van der Waals surface area contributed by atoms with Gasteiger partial charge in [0, 0.05) is 11.6 Å². The summed E-state index contributed by atoms with van der Waals surface area (Å²) in [6.07, 6.45) is 1.06. The van der Waals surface area contributed by atoms with E-state index in [2.05, 4.69) is 31.3 Å². The molecule has 10 heteroatoms. The maximum Gasteiger partial charge on any atom is 0.168 e. The number of benzene rings is 1. The highest BCUT2D eigenvalue weighted by Gasteiger charge is 2.19. The minimum atomic E-state index is -0.589. The third-order valence-corrected chi connectivity index (χ3v) is 5.42. The van der Waals surface area contributed by atoms with Gasteiger partial charge in [0.25, 0.3) is 0 Å². The molecule has 0 unspecified atom stereocenters. The molecule has 4 aromatic rings. The van der Waals surface area contributed by atoms with E-state index in [-0.39, 0.29) is 12.1 Å². The molecule has 4 rings (SSSR count). The first-order valence-corrected chi connectivity index (χ1v) is 9.56. The largest absolute Gasteiger partial charge is 0.390 e. The van der Waals surface area contributed by atoms with Crippen LogP contribution in [0, 0.1) is 24.1 Å². The van der Waals surface area contributed by atoms with E-state index in [1.54, 1.807) is 31.2 Å². The van der Waals surface area contributed by atoms with Gasteiger partial charge >= 0.3 is 0 Å². The Labute approximate surface area is 173 Å². The topological polar surface area (TPSA) is 108 Å². The number of anilines is 2. The summed E-state index contributed by atoms with van der Waals surface area (Å²) in [5.74, 6) is 0.635. The number of nitrogens with zero attached hydrogens (tertiary/aromatic N) is 5. The van der Waals surface area contributed by atoms with Crippen molar-refractivity contribution in [1.82, 2.24) is 19.9 Å². The zero-order chi connectivity index (χ0) is 20.5. The Hall–Kier alpha value is -3.19. The fraction of sp³-hybridized carbons (Fsp3) is 0.105. The van der Waals surface area contributed by atoms with Crippen LogP contribution in [-0.4, -0.2) is 25.0 Å². The molecule has 0 saturated heterocycles. The summed E-state index contributed by atoms with van der Waals surface area (Å²) in [6, 6.07) is 8.61. The van der Waals surface area contributed by atoms with Gasteiger partial charge in [-0.05, 0) is 19.1 Å². The number of aliphatic hydroxyl groups excluding tert-OH is 1. The van der Waals surface area contributed by atoms with Gasteiger partial charge < -0.3 is 10.4 Å². The molecule has 0 aliphatic heterocycles. The van der Waals surface area contributed by atoms with Crippen molar-refractivity contribution in [2.24, 2.45) is 0 Å². The van der Waals surface area contributed by atoms with E-state index < -0.39 is 5.82 Å². The summed E-state index contributed by atoms with van der Waals surface area (Å²) in [5.41, 5.74) is 1.35. The number of hydrogen-bond acceptors (Lipinski definition) is 8. The number of nitrogens with one attached hydrogen (secondary N) is 1. The van der Waals surface area contributed by atoms with Crippen molar-refractivity contribution in [3.05, 3.63) is 58.4 Å². The Morgan fingerprint density at radius 2 is 2.14 bits per heavy atom. The Morgan fingerprint density at radius 1 is 1.31 bits per heavy atom. The normalized spacial score (nSPS) is 10.9. The van der Waals surface area contributed by atoms with Crippen LogP contribution in [0.3, 0.4) is 0 Å². The van der Waals surface area contributed by atoms with Crippen LogP contribution in [0.1, 0.15) is 17.1 Å². The lowest BCUT2D eigenvalue weighted by Gasteiger charge is -2.07. The molecule has 0 aliphatic rings. The van der Waals surface area contributed by atoms with Gasteiger partial charge in [-0.2, -0.15) is 5.26 Å². The third kappa shape index (κ3) is 3.61. The Morgan fingerprint density at radius 3 is 2.90 bits per heavy atom. The molecule has 144 valence electrons. The lowest BCUT2D eigenvalue weighted by molar-refractivity contribution is 0.276. The van der Waals surface area contributed by atoms with Crippen molar-refractivity contribution < 1.29 is 9.50 Å². The van der Waals surface area contributed by atoms with Crippen LogP contribution >= 0.6 is 22.9 Å². The van der Waals surface area contributed by atoms with E-state index in [0.29, 0.717) is 49.0 Å². The number of fused-ring (bicyclic) bond motifs is 1. The van der Waals surface area contributed by atoms with Crippen molar-refractivity contribution in [3.8, 4) is 16.6 Å². The number of nitriles is 1. The lowest BCUT2D eigenvalue weighted by Crippen LogP contribution is -2.02. The minimum Gasteiger partial charge on any atom is -0.390 e. The fourth-order valence-electron chi connectivity index (χ4n) is 2.81. The van der Waals surface area contributed by atoms with Gasteiger partial charge in [-0.15, -0.1) is 11.3 Å². The number of rotatable bonds is 4. The van der Waals surface area contributed by atoms with Gasteiger partial charge in [0.15, 0.2) is 11.6 Å². The van der Waals surface area contributed by atoms with E-state index >= 15 is 0 Å². The van der Waals surface area contributed by atoms with Crippen LogP contribution < -0.4 is 5.32 Å². The molecule has 3 heterocycles. The Balaban J connectivity index is 1.86. The first kappa shape index (κ1) is 19.1. The van der Waals surface area contributed by atoms with Gasteiger partial charge in [0.2, 0.25) is 0 Å². The van der Waals surface area contributed by atoms with E-state index in [0.717, 1.165) is 17.5 Å². The smallest absolute Gasteiger partial charge is 0.168 e. The van der Waals surface area contributed by atoms with Gasteiger partial charge in [0.1, 0.15) is 26.9 Å². The third-order valence-electron chi connectivity index (χ3n) is 4.02. The first-order valence-electron chi connectivity index (χ1n) is 8.36. The van der Waals surface area contributed by atoms with Gasteiger partial charge in [-0.1, -0.05) is 17.7 Å². The Kier molecular flexibility index (Phi) is 5.07. The average molecular weight is 427 g/mol. The highest BCUT2D eigenvalue weighted by molar-refractivity contribution is 7.22. The summed E-state index contributed by atoms with van der Waals surface area (Å²) in [5, 5.41) is 22.5. The zero-order valence-electron chi connectivity index (χ0n) is 14.9. The van der Waals surface area contributed by atoms with Crippen molar-refractivity contribution in [3.63, 3.8) is 0 Å². The minimum absolute atomic E-state index is 0.111.